The van der Waals surface area contributed by atoms with Crippen molar-refractivity contribution in [1.29, 1.82) is 5.26 Å². The molecule has 1 aliphatic rings. The zero-order chi connectivity index (χ0) is 16.9. The number of aliphatic imine (C=N–C) groups is 1. The Kier molecular flexibility index (Phi) is 4.78. The summed E-state index contributed by atoms with van der Waals surface area (Å²) in [6, 6.07) is 17.1. The van der Waals surface area contributed by atoms with E-state index in [1.165, 1.54) is 17.3 Å². The molecule has 2 aromatic carbocycles. The van der Waals surface area contributed by atoms with Crippen molar-refractivity contribution in [3.8, 4) is 6.07 Å². The van der Waals surface area contributed by atoms with Crippen molar-refractivity contribution in [2.45, 2.75) is 13.3 Å². The Morgan fingerprint density at radius 2 is 1.88 bits per heavy atom. The van der Waals surface area contributed by atoms with E-state index in [1.807, 2.05) is 36.4 Å². The molecule has 1 aliphatic heterocycles. The number of rotatable bonds is 3. The predicted molar refractivity (Wildman–Crippen MR) is 97.8 cm³/mol. The molecule has 1 N–H and O–H groups in total. The van der Waals surface area contributed by atoms with Crippen LogP contribution < -0.4 is 5.32 Å². The summed E-state index contributed by atoms with van der Waals surface area (Å²) in [5, 5.41) is 12.2. The van der Waals surface area contributed by atoms with E-state index in [4.69, 9.17) is 5.26 Å². The van der Waals surface area contributed by atoms with Gasteiger partial charge in [-0.05, 0) is 59.7 Å². The van der Waals surface area contributed by atoms with Gasteiger partial charge in [-0.15, -0.1) is 0 Å². The average molecular weight is 333 g/mol. The molecular formula is C19H15N3OS. The number of amides is 1. The standard InChI is InChI=1S/C19H15N3OS/c1-2-13-7-9-16(10-8-13)21-19-22-18(23)17(24-19)11-14-3-5-15(12-20)6-4-14/h3-11H,2H2,1H3,(H,21,22,23)/b17-11+. The van der Waals surface area contributed by atoms with Crippen molar-refractivity contribution in [2.75, 3.05) is 0 Å². The number of nitrogens with one attached hydrogen (secondary N) is 1. The lowest BCUT2D eigenvalue weighted by Crippen LogP contribution is -2.19. The Hall–Kier alpha value is -2.84. The van der Waals surface area contributed by atoms with Crippen LogP contribution in [0.4, 0.5) is 5.69 Å². The van der Waals surface area contributed by atoms with Gasteiger partial charge < -0.3 is 5.32 Å². The molecule has 1 heterocycles. The highest BCUT2D eigenvalue weighted by Crippen LogP contribution is 2.28. The summed E-state index contributed by atoms with van der Waals surface area (Å²) in [6.07, 6.45) is 2.78. The molecule has 1 amide bonds. The first kappa shape index (κ1) is 16.0. The summed E-state index contributed by atoms with van der Waals surface area (Å²) in [6.45, 7) is 2.11. The van der Waals surface area contributed by atoms with Crippen LogP contribution in [0.2, 0.25) is 0 Å². The van der Waals surface area contributed by atoms with Crippen molar-refractivity contribution in [3.05, 3.63) is 70.1 Å². The van der Waals surface area contributed by atoms with Gasteiger partial charge in [0.2, 0.25) is 0 Å². The average Bonchev–Trinajstić information content (AvgIpc) is 2.95. The van der Waals surface area contributed by atoms with E-state index in [-0.39, 0.29) is 5.91 Å². The molecule has 1 fully saturated rings. The van der Waals surface area contributed by atoms with E-state index >= 15 is 0 Å². The van der Waals surface area contributed by atoms with Crippen molar-refractivity contribution < 1.29 is 4.79 Å². The van der Waals surface area contributed by atoms with E-state index < -0.39 is 0 Å². The third-order valence-corrected chi connectivity index (χ3v) is 4.47. The Balaban J connectivity index is 1.78. The number of amidine groups is 1. The highest BCUT2D eigenvalue weighted by atomic mass is 32.2. The largest absolute Gasteiger partial charge is 0.300 e. The fourth-order valence-electron chi connectivity index (χ4n) is 2.21. The lowest BCUT2D eigenvalue weighted by Gasteiger charge is -1.98. The van der Waals surface area contributed by atoms with Crippen LogP contribution in [0.5, 0.6) is 0 Å². The second-order valence-electron chi connectivity index (χ2n) is 5.24. The summed E-state index contributed by atoms with van der Waals surface area (Å²) < 4.78 is 0. The third-order valence-electron chi connectivity index (χ3n) is 3.56. The highest BCUT2D eigenvalue weighted by Gasteiger charge is 2.23. The molecule has 3 rings (SSSR count). The molecule has 24 heavy (non-hydrogen) atoms. The lowest BCUT2D eigenvalue weighted by atomic mass is 10.1. The second-order valence-corrected chi connectivity index (χ2v) is 6.27. The van der Waals surface area contributed by atoms with Crippen LogP contribution in [0.15, 0.2) is 58.4 Å². The van der Waals surface area contributed by atoms with Gasteiger partial charge in [0.05, 0.1) is 22.2 Å². The smallest absolute Gasteiger partial charge is 0.264 e. The number of nitriles is 1. The number of carbonyl (C=O) groups excluding carboxylic acids is 1. The van der Waals surface area contributed by atoms with Crippen molar-refractivity contribution in [1.82, 2.24) is 5.32 Å². The second kappa shape index (κ2) is 7.16. The number of hydrogen-bond acceptors (Lipinski definition) is 4. The number of carbonyl (C=O) groups is 1. The van der Waals surface area contributed by atoms with Gasteiger partial charge >= 0.3 is 0 Å². The molecule has 2 aromatic rings. The summed E-state index contributed by atoms with van der Waals surface area (Å²) in [7, 11) is 0. The molecule has 0 aromatic heterocycles. The van der Waals surface area contributed by atoms with Crippen LogP contribution in [0, 0.1) is 11.3 Å². The Labute approximate surface area is 144 Å². The first-order valence-corrected chi connectivity index (χ1v) is 8.38. The molecule has 5 heteroatoms. The SMILES string of the molecule is CCc1ccc(N=C2NC(=O)/C(=C\c3ccc(C#N)cc3)S2)cc1. The zero-order valence-corrected chi connectivity index (χ0v) is 13.9. The maximum absolute atomic E-state index is 12.1. The zero-order valence-electron chi connectivity index (χ0n) is 13.1. The fraction of sp³-hybridized carbons (Fsp3) is 0.105. The number of thioether (sulfide) groups is 1. The van der Waals surface area contributed by atoms with Crippen molar-refractivity contribution >= 4 is 34.6 Å². The van der Waals surface area contributed by atoms with Crippen molar-refractivity contribution in [2.24, 2.45) is 4.99 Å². The first-order chi connectivity index (χ1) is 11.7. The maximum Gasteiger partial charge on any atom is 0.264 e. The summed E-state index contributed by atoms with van der Waals surface area (Å²) in [5.41, 5.74) is 3.54. The minimum atomic E-state index is -0.159. The highest BCUT2D eigenvalue weighted by molar-refractivity contribution is 8.18. The summed E-state index contributed by atoms with van der Waals surface area (Å²) in [4.78, 5) is 17.1. The number of aryl methyl sites for hydroxylation is 1. The van der Waals surface area contributed by atoms with E-state index in [2.05, 4.69) is 23.3 Å². The Morgan fingerprint density at radius 3 is 2.50 bits per heavy atom. The van der Waals surface area contributed by atoms with Crippen LogP contribution in [0.3, 0.4) is 0 Å². The van der Waals surface area contributed by atoms with Crippen LogP contribution in [0.25, 0.3) is 6.08 Å². The van der Waals surface area contributed by atoms with Crippen LogP contribution in [0.1, 0.15) is 23.6 Å². The van der Waals surface area contributed by atoms with E-state index in [1.54, 1.807) is 18.2 Å². The molecular weight excluding hydrogens is 318 g/mol. The molecule has 118 valence electrons. The third kappa shape index (κ3) is 3.73. The van der Waals surface area contributed by atoms with Gasteiger partial charge in [0, 0.05) is 0 Å². The van der Waals surface area contributed by atoms with Gasteiger partial charge in [0.15, 0.2) is 5.17 Å². The Bertz CT molecular complexity index is 859. The van der Waals surface area contributed by atoms with E-state index in [9.17, 15) is 4.79 Å². The van der Waals surface area contributed by atoms with Crippen molar-refractivity contribution in [3.63, 3.8) is 0 Å². The first-order valence-electron chi connectivity index (χ1n) is 7.56. The molecule has 4 nitrogen and oxygen atoms in total. The van der Waals surface area contributed by atoms with Gasteiger partial charge in [0.1, 0.15) is 0 Å². The molecule has 0 unspecified atom stereocenters. The van der Waals surface area contributed by atoms with E-state index in [0.29, 0.717) is 15.6 Å². The van der Waals surface area contributed by atoms with Crippen LogP contribution in [-0.2, 0) is 11.2 Å². The summed E-state index contributed by atoms with van der Waals surface area (Å²) in [5.74, 6) is -0.159. The Morgan fingerprint density at radius 1 is 1.17 bits per heavy atom. The number of hydrogen-bond donors (Lipinski definition) is 1. The minimum absolute atomic E-state index is 0.159. The molecule has 0 radical (unpaired) electrons. The number of nitrogens with zero attached hydrogens (tertiary/aromatic N) is 2. The van der Waals surface area contributed by atoms with Gasteiger partial charge in [-0.3, -0.25) is 4.79 Å². The quantitative estimate of drug-likeness (QED) is 0.863. The van der Waals surface area contributed by atoms with Gasteiger partial charge in [-0.2, -0.15) is 5.26 Å². The van der Waals surface area contributed by atoms with Gasteiger partial charge in [-0.25, -0.2) is 4.99 Å². The molecule has 0 aliphatic carbocycles. The number of benzene rings is 2. The molecule has 0 bridgehead atoms. The maximum atomic E-state index is 12.1. The van der Waals surface area contributed by atoms with Crippen LogP contribution in [-0.4, -0.2) is 11.1 Å². The fourth-order valence-corrected chi connectivity index (χ4v) is 3.05. The van der Waals surface area contributed by atoms with Gasteiger partial charge in [0.25, 0.3) is 5.91 Å². The monoisotopic (exact) mass is 333 g/mol. The van der Waals surface area contributed by atoms with Crippen LogP contribution >= 0.6 is 11.8 Å². The minimum Gasteiger partial charge on any atom is -0.300 e. The lowest BCUT2D eigenvalue weighted by molar-refractivity contribution is -0.115. The molecule has 1 saturated heterocycles. The molecule has 0 saturated carbocycles. The van der Waals surface area contributed by atoms with E-state index in [0.717, 1.165) is 17.7 Å². The van der Waals surface area contributed by atoms with Gasteiger partial charge in [-0.1, -0.05) is 31.2 Å². The normalized spacial score (nSPS) is 17.1. The molecule has 0 spiro atoms. The summed E-state index contributed by atoms with van der Waals surface area (Å²) >= 11 is 1.31. The molecule has 0 atom stereocenters. The topological polar surface area (TPSA) is 65.2 Å². The predicted octanol–water partition coefficient (Wildman–Crippen LogP) is 4.01.